The average molecular weight is 470 g/mol. The molecule has 3 unspecified atom stereocenters. The zero-order valence-corrected chi connectivity index (χ0v) is 18.0. The Kier molecular flexibility index (Phi) is 5.81. The zero-order valence-electron chi connectivity index (χ0n) is 17.1. The van der Waals surface area contributed by atoms with Crippen molar-refractivity contribution >= 4 is 27.1 Å². The lowest BCUT2D eigenvalue weighted by atomic mass is 10.0. The van der Waals surface area contributed by atoms with Crippen LogP contribution in [0, 0.1) is 0 Å². The second-order valence-corrected chi connectivity index (χ2v) is 9.27. The number of nitrogens with zero attached hydrogens (tertiary/aromatic N) is 2. The normalized spacial score (nSPS) is 24.3. The summed E-state index contributed by atoms with van der Waals surface area (Å²) in [5, 5.41) is 14.0. The highest BCUT2D eigenvalue weighted by molar-refractivity contribution is 7.23. The van der Waals surface area contributed by atoms with Crippen molar-refractivity contribution in [2.45, 2.75) is 50.1 Å². The number of hydrogen-bond donors (Lipinski definition) is 3. The van der Waals surface area contributed by atoms with Gasteiger partial charge in [0.05, 0.1) is 33.8 Å². The molecule has 2 saturated heterocycles. The molecule has 2 aliphatic heterocycles. The fraction of sp³-hybridized carbons (Fsp3) is 0.524. The molecule has 2 fully saturated rings. The maximum Gasteiger partial charge on any atom is 0.393 e. The molecule has 0 saturated carbocycles. The van der Waals surface area contributed by atoms with Gasteiger partial charge in [-0.25, -0.2) is 4.39 Å². The third-order valence-electron chi connectivity index (χ3n) is 5.95. The number of anilines is 1. The number of piperidine rings is 1. The zero-order chi connectivity index (χ0) is 22.3. The van der Waals surface area contributed by atoms with Gasteiger partial charge in [-0.15, -0.1) is 11.3 Å². The van der Waals surface area contributed by atoms with Gasteiger partial charge in [0.1, 0.15) is 6.17 Å². The maximum atomic E-state index is 14.3. The van der Waals surface area contributed by atoms with E-state index in [-0.39, 0.29) is 24.0 Å². The molecule has 11 heteroatoms. The fourth-order valence-electron chi connectivity index (χ4n) is 4.39. The van der Waals surface area contributed by atoms with Crippen LogP contribution in [0.4, 0.5) is 23.2 Å². The standard InChI is InChI=1S/C21H23F4N5OS/c22-13-10-26-8-6-14(13)28-15-4-1-3-11-12(9-21(23,24)25)18(32-17(11)15)19-29-20(31-30-19)16-5-2-7-27-16/h1,3-4,13-14,16,26-28H,2,5-10H2. The van der Waals surface area contributed by atoms with Crippen molar-refractivity contribution in [2.75, 3.05) is 25.0 Å². The molecule has 6 nitrogen and oxygen atoms in total. The molecular formula is C21H23F4N5OS. The van der Waals surface area contributed by atoms with Crippen LogP contribution in [0.2, 0.25) is 0 Å². The van der Waals surface area contributed by atoms with Gasteiger partial charge in [0, 0.05) is 6.54 Å². The number of fused-ring (bicyclic) bond motifs is 1. The lowest BCUT2D eigenvalue weighted by Gasteiger charge is -2.28. The van der Waals surface area contributed by atoms with E-state index in [4.69, 9.17) is 4.52 Å². The number of nitrogens with one attached hydrogen (secondary N) is 3. The van der Waals surface area contributed by atoms with E-state index < -0.39 is 24.8 Å². The van der Waals surface area contributed by atoms with Gasteiger partial charge >= 0.3 is 6.18 Å². The Morgan fingerprint density at radius 2 is 2.09 bits per heavy atom. The summed E-state index contributed by atoms with van der Waals surface area (Å²) in [4.78, 5) is 4.75. The van der Waals surface area contributed by atoms with Crippen LogP contribution in [0.25, 0.3) is 20.8 Å². The molecular weight excluding hydrogens is 446 g/mol. The molecule has 32 heavy (non-hydrogen) atoms. The van der Waals surface area contributed by atoms with Crippen molar-refractivity contribution in [3.8, 4) is 10.7 Å². The Balaban J connectivity index is 1.56. The van der Waals surface area contributed by atoms with E-state index in [1.807, 2.05) is 0 Å². The van der Waals surface area contributed by atoms with Crippen molar-refractivity contribution in [1.29, 1.82) is 0 Å². The van der Waals surface area contributed by atoms with Gasteiger partial charge in [0.25, 0.3) is 0 Å². The highest BCUT2D eigenvalue weighted by Gasteiger charge is 2.34. The van der Waals surface area contributed by atoms with E-state index in [1.54, 1.807) is 18.2 Å². The first-order valence-electron chi connectivity index (χ1n) is 10.7. The minimum atomic E-state index is -4.40. The predicted octanol–water partition coefficient (Wildman–Crippen LogP) is 4.59. The second kappa shape index (κ2) is 8.60. The van der Waals surface area contributed by atoms with Crippen LogP contribution in [0.5, 0.6) is 0 Å². The summed E-state index contributed by atoms with van der Waals surface area (Å²) in [5.74, 6) is 0.548. The molecule has 3 N–H and O–H groups in total. The molecule has 4 heterocycles. The fourth-order valence-corrected chi connectivity index (χ4v) is 5.61. The first-order valence-corrected chi connectivity index (χ1v) is 11.5. The summed E-state index contributed by atoms with van der Waals surface area (Å²) >= 11 is 1.18. The minimum Gasteiger partial charge on any atom is -0.378 e. The number of halogens is 4. The summed E-state index contributed by atoms with van der Waals surface area (Å²) in [7, 11) is 0. The van der Waals surface area contributed by atoms with Crippen molar-refractivity contribution in [3.63, 3.8) is 0 Å². The van der Waals surface area contributed by atoms with E-state index in [0.29, 0.717) is 39.5 Å². The quantitative estimate of drug-likeness (QED) is 0.475. The smallest absolute Gasteiger partial charge is 0.378 e. The van der Waals surface area contributed by atoms with Gasteiger partial charge in [-0.1, -0.05) is 17.3 Å². The van der Waals surface area contributed by atoms with E-state index >= 15 is 0 Å². The molecule has 0 bridgehead atoms. The Bertz CT molecular complexity index is 1090. The van der Waals surface area contributed by atoms with E-state index in [0.717, 1.165) is 19.4 Å². The number of aromatic nitrogens is 2. The van der Waals surface area contributed by atoms with Crippen LogP contribution < -0.4 is 16.0 Å². The van der Waals surface area contributed by atoms with Crippen molar-refractivity contribution < 1.29 is 22.1 Å². The van der Waals surface area contributed by atoms with Gasteiger partial charge in [0.2, 0.25) is 11.7 Å². The largest absolute Gasteiger partial charge is 0.393 e. The number of alkyl halides is 4. The maximum absolute atomic E-state index is 14.3. The van der Waals surface area contributed by atoms with E-state index in [1.165, 1.54) is 11.3 Å². The van der Waals surface area contributed by atoms with Crippen LogP contribution in [0.15, 0.2) is 22.7 Å². The lowest BCUT2D eigenvalue weighted by molar-refractivity contribution is -0.126. The first kappa shape index (κ1) is 21.6. The van der Waals surface area contributed by atoms with Gasteiger partial charge < -0.3 is 20.5 Å². The highest BCUT2D eigenvalue weighted by Crippen LogP contribution is 2.44. The third kappa shape index (κ3) is 4.33. The number of rotatable bonds is 5. The minimum absolute atomic E-state index is 0.0738. The SMILES string of the molecule is FC1CNCCC1Nc1cccc2c(CC(F)(F)F)c(-c3noc(C4CCCN4)n3)sc12. The van der Waals surface area contributed by atoms with Gasteiger partial charge in [-0.2, -0.15) is 18.2 Å². The third-order valence-corrected chi connectivity index (χ3v) is 7.22. The van der Waals surface area contributed by atoms with Crippen molar-refractivity contribution in [3.05, 3.63) is 29.7 Å². The van der Waals surface area contributed by atoms with E-state index in [9.17, 15) is 17.6 Å². The topological polar surface area (TPSA) is 75.0 Å². The summed E-state index contributed by atoms with van der Waals surface area (Å²) in [5.41, 5.74) is 0.743. The Hall–Kier alpha value is -2.24. The average Bonchev–Trinajstić information content (AvgIpc) is 3.49. The molecule has 0 aliphatic carbocycles. The molecule has 3 aromatic rings. The summed E-state index contributed by atoms with van der Waals surface area (Å²) in [6.07, 6.45) is -4.16. The van der Waals surface area contributed by atoms with Crippen LogP contribution >= 0.6 is 11.3 Å². The highest BCUT2D eigenvalue weighted by atomic mass is 32.1. The molecule has 1 aromatic carbocycles. The molecule has 3 atom stereocenters. The van der Waals surface area contributed by atoms with Crippen LogP contribution in [-0.2, 0) is 6.42 Å². The van der Waals surface area contributed by atoms with Gasteiger partial charge in [-0.3, -0.25) is 0 Å². The van der Waals surface area contributed by atoms with Crippen LogP contribution in [0.1, 0.15) is 36.8 Å². The van der Waals surface area contributed by atoms with Crippen LogP contribution in [0.3, 0.4) is 0 Å². The summed E-state index contributed by atoms with van der Waals surface area (Å²) in [6, 6.07) is 4.66. The number of thiophene rings is 1. The Morgan fingerprint density at radius 1 is 1.22 bits per heavy atom. The lowest BCUT2D eigenvalue weighted by Crippen LogP contribution is -2.45. The summed E-state index contributed by atoms with van der Waals surface area (Å²) < 4.78 is 60.8. The second-order valence-electron chi connectivity index (χ2n) is 8.25. The molecule has 0 amide bonds. The summed E-state index contributed by atoms with van der Waals surface area (Å²) in [6.45, 7) is 1.78. The number of hydrogen-bond acceptors (Lipinski definition) is 7. The van der Waals surface area contributed by atoms with E-state index in [2.05, 4.69) is 26.1 Å². The van der Waals surface area contributed by atoms with Gasteiger partial charge in [-0.05, 0) is 49.4 Å². The molecule has 0 radical (unpaired) electrons. The first-order chi connectivity index (χ1) is 15.4. The Morgan fingerprint density at radius 3 is 2.84 bits per heavy atom. The molecule has 0 spiro atoms. The molecule has 2 aromatic heterocycles. The molecule has 2 aliphatic rings. The predicted molar refractivity (Wildman–Crippen MR) is 115 cm³/mol. The number of benzene rings is 1. The Labute approximate surface area is 185 Å². The van der Waals surface area contributed by atoms with Crippen LogP contribution in [-0.4, -0.2) is 48.2 Å². The monoisotopic (exact) mass is 469 g/mol. The van der Waals surface area contributed by atoms with Crippen molar-refractivity contribution in [1.82, 2.24) is 20.8 Å². The molecule has 172 valence electrons. The van der Waals surface area contributed by atoms with Gasteiger partial charge in [0.15, 0.2) is 0 Å². The van der Waals surface area contributed by atoms with Crippen molar-refractivity contribution in [2.24, 2.45) is 0 Å². The molecule has 5 rings (SSSR count).